The third kappa shape index (κ3) is 2.91. The van der Waals surface area contributed by atoms with E-state index in [-0.39, 0.29) is 24.0 Å². The molecule has 0 saturated carbocycles. The fraction of sp³-hybridized carbons (Fsp3) is 0.417. The second kappa shape index (κ2) is 5.76. The van der Waals surface area contributed by atoms with Crippen molar-refractivity contribution >= 4 is 16.1 Å². The molecule has 110 valence electrons. The van der Waals surface area contributed by atoms with Gasteiger partial charge in [-0.3, -0.25) is 0 Å². The summed E-state index contributed by atoms with van der Waals surface area (Å²) in [5.41, 5.74) is 0. The van der Waals surface area contributed by atoms with Crippen molar-refractivity contribution in [2.45, 2.75) is 17.4 Å². The lowest BCUT2D eigenvalue weighted by molar-refractivity contribution is 0.167. The summed E-state index contributed by atoms with van der Waals surface area (Å²) in [5.74, 6) is -0.781. The van der Waals surface area contributed by atoms with Gasteiger partial charge in [0.25, 0.3) is 0 Å². The molecule has 1 aromatic rings. The van der Waals surface area contributed by atoms with Gasteiger partial charge in [0.15, 0.2) is 0 Å². The minimum Gasteiger partial charge on any atom is -0.453 e. The van der Waals surface area contributed by atoms with Crippen LogP contribution in [0, 0.1) is 5.82 Å². The third-order valence-electron chi connectivity index (χ3n) is 3.11. The van der Waals surface area contributed by atoms with E-state index in [9.17, 15) is 17.6 Å². The highest BCUT2D eigenvalue weighted by Gasteiger charge is 2.34. The zero-order valence-corrected chi connectivity index (χ0v) is 11.7. The Morgan fingerprint density at radius 3 is 2.80 bits per heavy atom. The number of amides is 1. The number of rotatable bonds is 3. The maximum Gasteiger partial charge on any atom is 0.407 e. The number of halogens is 1. The topological polar surface area (TPSA) is 75.7 Å². The van der Waals surface area contributed by atoms with Crippen LogP contribution >= 0.6 is 0 Å². The molecule has 6 nitrogen and oxygen atoms in total. The van der Waals surface area contributed by atoms with Crippen molar-refractivity contribution < 1.29 is 22.3 Å². The van der Waals surface area contributed by atoms with Gasteiger partial charge >= 0.3 is 6.09 Å². The monoisotopic (exact) mass is 302 g/mol. The first-order valence-electron chi connectivity index (χ1n) is 6.04. The predicted octanol–water partition coefficient (Wildman–Crippen LogP) is 0.945. The predicted molar refractivity (Wildman–Crippen MR) is 69.1 cm³/mol. The molecular weight excluding hydrogens is 287 g/mol. The Kier molecular flexibility index (Phi) is 4.24. The highest BCUT2D eigenvalue weighted by molar-refractivity contribution is 7.89. The molecule has 1 atom stereocenters. The molecule has 1 aromatic carbocycles. The molecule has 0 spiro atoms. The molecule has 20 heavy (non-hydrogen) atoms. The lowest BCUT2D eigenvalue weighted by Crippen LogP contribution is -2.38. The zero-order valence-electron chi connectivity index (χ0n) is 10.9. The Bertz CT molecular complexity index is 605. The number of methoxy groups -OCH3 is 1. The van der Waals surface area contributed by atoms with Crippen LogP contribution in [-0.2, 0) is 14.8 Å². The van der Waals surface area contributed by atoms with Crippen molar-refractivity contribution in [3.63, 3.8) is 0 Å². The number of nitrogens with one attached hydrogen (secondary N) is 1. The fourth-order valence-electron chi connectivity index (χ4n) is 2.08. The summed E-state index contributed by atoms with van der Waals surface area (Å²) in [6.07, 6.45) is -0.150. The van der Waals surface area contributed by atoms with Crippen LogP contribution < -0.4 is 5.32 Å². The van der Waals surface area contributed by atoms with Gasteiger partial charge in [-0.25, -0.2) is 17.6 Å². The van der Waals surface area contributed by atoms with E-state index >= 15 is 0 Å². The van der Waals surface area contributed by atoms with Crippen LogP contribution in [0.25, 0.3) is 0 Å². The summed E-state index contributed by atoms with van der Waals surface area (Å²) >= 11 is 0. The molecule has 1 unspecified atom stereocenters. The Balaban J connectivity index is 2.13. The van der Waals surface area contributed by atoms with Crippen molar-refractivity contribution in [2.24, 2.45) is 0 Å². The molecule has 1 saturated heterocycles. The molecule has 1 amide bonds. The molecule has 8 heteroatoms. The summed E-state index contributed by atoms with van der Waals surface area (Å²) in [6.45, 7) is 0.330. The summed E-state index contributed by atoms with van der Waals surface area (Å²) in [6, 6.07) is 4.90. The second-order valence-corrected chi connectivity index (χ2v) is 6.32. The summed E-state index contributed by atoms with van der Waals surface area (Å²) in [5, 5.41) is 2.54. The molecule has 1 fully saturated rings. The van der Waals surface area contributed by atoms with Crippen molar-refractivity contribution in [1.82, 2.24) is 9.62 Å². The van der Waals surface area contributed by atoms with Gasteiger partial charge < -0.3 is 10.1 Å². The van der Waals surface area contributed by atoms with Gasteiger partial charge in [0.05, 0.1) is 7.11 Å². The number of hydrogen-bond acceptors (Lipinski definition) is 4. The number of alkyl carbamates (subject to hydrolysis) is 1. The van der Waals surface area contributed by atoms with E-state index in [4.69, 9.17) is 0 Å². The molecule has 0 aromatic heterocycles. The normalized spacial score (nSPS) is 19.8. The van der Waals surface area contributed by atoms with E-state index in [0.717, 1.165) is 10.4 Å². The van der Waals surface area contributed by atoms with Crippen LogP contribution in [0.2, 0.25) is 0 Å². The smallest absolute Gasteiger partial charge is 0.407 e. The quantitative estimate of drug-likeness (QED) is 0.902. The van der Waals surface area contributed by atoms with Crippen molar-refractivity contribution in [1.29, 1.82) is 0 Å². The first-order chi connectivity index (χ1) is 9.45. The van der Waals surface area contributed by atoms with Crippen LogP contribution in [0.5, 0.6) is 0 Å². The lowest BCUT2D eigenvalue weighted by atomic mass is 10.3. The van der Waals surface area contributed by atoms with Crippen molar-refractivity contribution in [3.05, 3.63) is 30.1 Å². The molecule has 1 heterocycles. The van der Waals surface area contributed by atoms with Gasteiger partial charge in [-0.05, 0) is 18.6 Å². The maximum atomic E-state index is 13.6. The largest absolute Gasteiger partial charge is 0.453 e. The zero-order chi connectivity index (χ0) is 14.8. The van der Waals surface area contributed by atoms with Crippen molar-refractivity contribution in [2.75, 3.05) is 20.2 Å². The van der Waals surface area contributed by atoms with E-state index in [0.29, 0.717) is 6.42 Å². The number of nitrogens with zero attached hydrogens (tertiary/aromatic N) is 1. The lowest BCUT2D eigenvalue weighted by Gasteiger charge is -2.17. The van der Waals surface area contributed by atoms with Gasteiger partial charge in [0.2, 0.25) is 10.0 Å². The first-order valence-corrected chi connectivity index (χ1v) is 7.48. The molecule has 0 bridgehead atoms. The van der Waals surface area contributed by atoms with Gasteiger partial charge in [0, 0.05) is 19.1 Å². The van der Waals surface area contributed by atoms with E-state index in [1.807, 2.05) is 0 Å². The third-order valence-corrected chi connectivity index (χ3v) is 5.01. The summed E-state index contributed by atoms with van der Waals surface area (Å²) < 4.78 is 43.8. The van der Waals surface area contributed by atoms with Crippen LogP contribution in [0.3, 0.4) is 0 Å². The highest BCUT2D eigenvalue weighted by atomic mass is 32.2. The summed E-state index contributed by atoms with van der Waals surface area (Å²) in [7, 11) is -2.64. The average Bonchev–Trinajstić information content (AvgIpc) is 2.88. The van der Waals surface area contributed by atoms with E-state index in [1.165, 1.54) is 25.3 Å². The SMILES string of the molecule is COC(=O)NC1CCN(S(=O)(=O)c2ccccc2F)C1. The molecule has 1 N–H and O–H groups in total. The van der Waals surface area contributed by atoms with E-state index in [2.05, 4.69) is 10.1 Å². The second-order valence-electron chi connectivity index (χ2n) is 4.41. The molecular formula is C12H15FN2O4S. The Hall–Kier alpha value is -1.67. The minimum absolute atomic E-state index is 0.103. The first kappa shape index (κ1) is 14.7. The number of carbonyl (C=O) groups is 1. The molecule has 0 aliphatic carbocycles. The Morgan fingerprint density at radius 2 is 2.15 bits per heavy atom. The van der Waals surface area contributed by atoms with Crippen LogP contribution in [0.1, 0.15) is 6.42 Å². The Labute approximate surface area is 116 Å². The van der Waals surface area contributed by atoms with Crippen LogP contribution in [-0.4, -0.2) is 45.1 Å². The van der Waals surface area contributed by atoms with Crippen molar-refractivity contribution in [3.8, 4) is 0 Å². The molecule has 1 aliphatic rings. The standard InChI is InChI=1S/C12H15FN2O4S/c1-19-12(16)14-9-6-7-15(8-9)20(17,18)11-5-3-2-4-10(11)13/h2-5,9H,6-8H2,1H3,(H,14,16). The number of carbonyl (C=O) groups excluding carboxylic acids is 1. The number of hydrogen-bond donors (Lipinski definition) is 1. The van der Waals surface area contributed by atoms with E-state index in [1.54, 1.807) is 0 Å². The van der Waals surface area contributed by atoms with Gasteiger partial charge in [-0.15, -0.1) is 0 Å². The number of sulfonamides is 1. The fourth-order valence-corrected chi connectivity index (χ4v) is 3.65. The van der Waals surface area contributed by atoms with E-state index < -0.39 is 21.9 Å². The van der Waals surface area contributed by atoms with Crippen LogP contribution in [0.15, 0.2) is 29.2 Å². The number of benzene rings is 1. The number of ether oxygens (including phenoxy) is 1. The highest BCUT2D eigenvalue weighted by Crippen LogP contribution is 2.23. The van der Waals surface area contributed by atoms with Crippen LogP contribution in [0.4, 0.5) is 9.18 Å². The minimum atomic E-state index is -3.88. The molecule has 2 rings (SSSR count). The maximum absolute atomic E-state index is 13.6. The summed E-state index contributed by atoms with van der Waals surface area (Å²) in [4.78, 5) is 10.7. The Morgan fingerprint density at radius 1 is 1.45 bits per heavy atom. The molecule has 0 radical (unpaired) electrons. The average molecular weight is 302 g/mol. The van der Waals surface area contributed by atoms with Gasteiger partial charge in [-0.2, -0.15) is 4.31 Å². The van der Waals surface area contributed by atoms with Gasteiger partial charge in [0.1, 0.15) is 10.7 Å². The van der Waals surface area contributed by atoms with Gasteiger partial charge in [-0.1, -0.05) is 12.1 Å². The molecule has 1 aliphatic heterocycles.